The molecule has 21 heavy (non-hydrogen) atoms. The molecule has 0 aromatic carbocycles. The van der Waals surface area contributed by atoms with E-state index in [0.29, 0.717) is 12.1 Å². The van der Waals surface area contributed by atoms with E-state index in [4.69, 9.17) is 0 Å². The zero-order valence-electron chi connectivity index (χ0n) is 12.6. The Bertz CT molecular complexity index is 493. The molecule has 5 nitrogen and oxygen atoms in total. The van der Waals surface area contributed by atoms with Crippen molar-refractivity contribution in [1.29, 1.82) is 0 Å². The summed E-state index contributed by atoms with van der Waals surface area (Å²) in [5, 5.41) is 6.58. The van der Waals surface area contributed by atoms with Gasteiger partial charge in [-0.1, -0.05) is 6.07 Å². The lowest BCUT2D eigenvalue weighted by molar-refractivity contribution is -0.119. The van der Waals surface area contributed by atoms with E-state index < -0.39 is 0 Å². The van der Waals surface area contributed by atoms with E-state index in [1.807, 2.05) is 12.3 Å². The molecule has 5 heteroatoms. The van der Waals surface area contributed by atoms with Crippen LogP contribution >= 0.6 is 0 Å². The first kappa shape index (κ1) is 14.3. The number of pyridine rings is 1. The first-order valence-electron chi connectivity index (χ1n) is 7.91. The van der Waals surface area contributed by atoms with Gasteiger partial charge in [-0.25, -0.2) is 4.98 Å². The summed E-state index contributed by atoms with van der Waals surface area (Å²) in [7, 11) is 0. The number of hydrogen-bond donors (Lipinski definition) is 2. The fourth-order valence-electron chi connectivity index (χ4n) is 2.92. The minimum absolute atomic E-state index is 0.0700. The average Bonchev–Trinajstić information content (AvgIpc) is 3.30. The van der Waals surface area contributed by atoms with Crippen molar-refractivity contribution in [1.82, 2.24) is 15.6 Å². The van der Waals surface area contributed by atoms with E-state index >= 15 is 0 Å². The summed E-state index contributed by atoms with van der Waals surface area (Å²) in [6.07, 6.45) is 6.46. The predicted octanol–water partition coefficient (Wildman–Crippen LogP) is 1.44. The molecule has 1 aliphatic carbocycles. The molecule has 1 aromatic rings. The number of nitrogens with one attached hydrogen (secondary N) is 2. The summed E-state index contributed by atoms with van der Waals surface area (Å²) in [4.78, 5) is 18.1. The van der Waals surface area contributed by atoms with Crippen LogP contribution in [0.25, 0.3) is 0 Å². The molecule has 2 N–H and O–H groups in total. The van der Waals surface area contributed by atoms with Crippen molar-refractivity contribution < 1.29 is 4.79 Å². The molecule has 0 bridgehead atoms. The average molecular weight is 288 g/mol. The first-order valence-corrected chi connectivity index (χ1v) is 7.91. The van der Waals surface area contributed by atoms with Gasteiger partial charge in [0.25, 0.3) is 0 Å². The highest BCUT2D eigenvalue weighted by atomic mass is 16.1. The monoisotopic (exact) mass is 288 g/mol. The molecule has 114 valence electrons. The molecular formula is C16H24N4O. The molecule has 3 rings (SSSR count). The molecule has 0 atom stereocenters. The summed E-state index contributed by atoms with van der Waals surface area (Å²) >= 11 is 0. The number of nitrogens with zero attached hydrogens (tertiary/aromatic N) is 2. The summed E-state index contributed by atoms with van der Waals surface area (Å²) in [6, 6.07) is 5.20. The van der Waals surface area contributed by atoms with E-state index in [1.165, 1.54) is 18.4 Å². The number of amides is 1. The van der Waals surface area contributed by atoms with Crippen LogP contribution in [0.15, 0.2) is 18.3 Å². The van der Waals surface area contributed by atoms with Gasteiger partial charge in [-0.3, -0.25) is 4.79 Å². The first-order chi connectivity index (χ1) is 10.2. The van der Waals surface area contributed by atoms with Gasteiger partial charge in [0.2, 0.25) is 5.91 Å². The van der Waals surface area contributed by atoms with Gasteiger partial charge >= 0.3 is 0 Å². The maximum Gasteiger partial charge on any atom is 0.217 e. The Hall–Kier alpha value is -1.62. The van der Waals surface area contributed by atoms with E-state index in [2.05, 4.69) is 26.6 Å². The molecule has 0 unspecified atom stereocenters. The summed E-state index contributed by atoms with van der Waals surface area (Å²) in [5.74, 6) is 1.17. The van der Waals surface area contributed by atoms with Crippen LogP contribution in [0.3, 0.4) is 0 Å². The highest BCUT2D eigenvalue weighted by molar-refractivity contribution is 5.73. The van der Waals surface area contributed by atoms with E-state index in [9.17, 15) is 4.79 Å². The van der Waals surface area contributed by atoms with Crippen molar-refractivity contribution in [3.63, 3.8) is 0 Å². The summed E-state index contributed by atoms with van der Waals surface area (Å²) in [6.45, 7) is 4.41. The molecule has 1 aliphatic heterocycles. The smallest absolute Gasteiger partial charge is 0.217 e. The van der Waals surface area contributed by atoms with Crippen LogP contribution in [-0.4, -0.2) is 36.1 Å². The molecule has 0 spiro atoms. The number of carbonyl (C=O) groups excluding carboxylic acids is 1. The Labute approximate surface area is 126 Å². The molecule has 1 amide bonds. The number of aromatic nitrogens is 1. The standard InChI is InChI=1S/C16H24N4O/c1-12(21)19-15-6-9-20(10-7-15)16-13(3-2-8-17-16)11-18-14-4-5-14/h2-3,8,14-15,18H,4-7,9-11H2,1H3,(H,19,21). The second-order valence-corrected chi connectivity index (χ2v) is 6.10. The lowest BCUT2D eigenvalue weighted by Gasteiger charge is -2.34. The van der Waals surface area contributed by atoms with Crippen LogP contribution < -0.4 is 15.5 Å². The molecule has 2 fully saturated rings. The molecule has 0 radical (unpaired) electrons. The third-order valence-corrected chi connectivity index (χ3v) is 4.23. The lowest BCUT2D eigenvalue weighted by atomic mass is 10.0. The van der Waals surface area contributed by atoms with Crippen molar-refractivity contribution in [3.05, 3.63) is 23.9 Å². The summed E-state index contributed by atoms with van der Waals surface area (Å²) in [5.41, 5.74) is 1.28. The van der Waals surface area contributed by atoms with Crippen molar-refractivity contribution in [3.8, 4) is 0 Å². The largest absolute Gasteiger partial charge is 0.356 e. The number of hydrogen-bond acceptors (Lipinski definition) is 4. The maximum absolute atomic E-state index is 11.1. The van der Waals surface area contributed by atoms with E-state index in [1.54, 1.807) is 6.92 Å². The quantitative estimate of drug-likeness (QED) is 0.861. The zero-order chi connectivity index (χ0) is 14.7. The Balaban J connectivity index is 1.60. The topological polar surface area (TPSA) is 57.3 Å². The minimum Gasteiger partial charge on any atom is -0.356 e. The molecule has 1 saturated carbocycles. The Kier molecular flexibility index (Phi) is 4.39. The number of rotatable bonds is 5. The van der Waals surface area contributed by atoms with Crippen molar-refractivity contribution in [2.45, 2.75) is 51.2 Å². The van der Waals surface area contributed by atoms with Gasteiger partial charge < -0.3 is 15.5 Å². The molecule has 2 heterocycles. The van der Waals surface area contributed by atoms with Crippen molar-refractivity contribution in [2.24, 2.45) is 0 Å². The Morgan fingerprint density at radius 3 is 2.71 bits per heavy atom. The van der Waals surface area contributed by atoms with Gasteiger partial charge in [-0.05, 0) is 31.7 Å². The molecular weight excluding hydrogens is 264 g/mol. The fraction of sp³-hybridized carbons (Fsp3) is 0.625. The number of carbonyl (C=O) groups is 1. The normalized spacial score (nSPS) is 19.6. The Morgan fingerprint density at radius 2 is 2.05 bits per heavy atom. The van der Waals surface area contributed by atoms with Gasteiger partial charge in [-0.2, -0.15) is 0 Å². The fourth-order valence-corrected chi connectivity index (χ4v) is 2.92. The molecule has 1 aromatic heterocycles. The highest BCUT2D eigenvalue weighted by Crippen LogP contribution is 2.24. The van der Waals surface area contributed by atoms with Crippen LogP contribution in [0.1, 0.15) is 38.2 Å². The third kappa shape index (κ3) is 3.94. The van der Waals surface area contributed by atoms with Crippen LogP contribution in [0.2, 0.25) is 0 Å². The predicted molar refractivity (Wildman–Crippen MR) is 83.2 cm³/mol. The van der Waals surface area contributed by atoms with Crippen molar-refractivity contribution >= 4 is 11.7 Å². The summed E-state index contributed by atoms with van der Waals surface area (Å²) < 4.78 is 0. The van der Waals surface area contributed by atoms with Gasteiger partial charge in [0, 0.05) is 50.4 Å². The number of anilines is 1. The molecule has 2 aliphatic rings. The Morgan fingerprint density at radius 1 is 1.29 bits per heavy atom. The van der Waals surface area contributed by atoms with Crippen LogP contribution in [-0.2, 0) is 11.3 Å². The van der Waals surface area contributed by atoms with E-state index in [0.717, 1.165) is 38.3 Å². The zero-order valence-corrected chi connectivity index (χ0v) is 12.6. The van der Waals surface area contributed by atoms with Crippen LogP contribution in [0.5, 0.6) is 0 Å². The lowest BCUT2D eigenvalue weighted by Crippen LogP contribution is -2.44. The van der Waals surface area contributed by atoms with Crippen molar-refractivity contribution in [2.75, 3.05) is 18.0 Å². The van der Waals surface area contributed by atoms with Gasteiger partial charge in [0.15, 0.2) is 0 Å². The maximum atomic E-state index is 11.1. The number of piperidine rings is 1. The van der Waals surface area contributed by atoms with Gasteiger partial charge in [0.05, 0.1) is 0 Å². The SMILES string of the molecule is CC(=O)NC1CCN(c2ncccc2CNC2CC2)CC1. The van der Waals surface area contributed by atoms with Crippen LogP contribution in [0.4, 0.5) is 5.82 Å². The van der Waals surface area contributed by atoms with E-state index in [-0.39, 0.29) is 5.91 Å². The highest BCUT2D eigenvalue weighted by Gasteiger charge is 2.24. The third-order valence-electron chi connectivity index (χ3n) is 4.23. The second kappa shape index (κ2) is 6.43. The van der Waals surface area contributed by atoms with Crippen LogP contribution in [0, 0.1) is 0 Å². The molecule has 1 saturated heterocycles. The second-order valence-electron chi connectivity index (χ2n) is 6.10. The van der Waals surface area contributed by atoms with Gasteiger partial charge in [-0.15, -0.1) is 0 Å². The van der Waals surface area contributed by atoms with Gasteiger partial charge in [0.1, 0.15) is 5.82 Å². The minimum atomic E-state index is 0.0700.